The Morgan fingerprint density at radius 2 is 1.46 bits per heavy atom. The average molecular weight is 739 g/mol. The number of halogens is 6. The highest BCUT2D eigenvalue weighted by atomic mass is 19.4. The number of hydrogen-bond acceptors (Lipinski definition) is 6. The maximum Gasteiger partial charge on any atom is 0.416 e. The van der Waals surface area contributed by atoms with Gasteiger partial charge in [0.1, 0.15) is 12.2 Å². The number of piperidine rings is 1. The topological polar surface area (TPSA) is 114 Å². The molecule has 2 N–H and O–H groups in total. The number of aliphatic carboxylic acids is 1. The van der Waals surface area contributed by atoms with Gasteiger partial charge in [-0.2, -0.15) is 26.3 Å². The number of carboxylic acid groups (broad SMARTS) is 1. The van der Waals surface area contributed by atoms with Crippen LogP contribution in [0.2, 0.25) is 0 Å². The van der Waals surface area contributed by atoms with Crippen LogP contribution in [0.15, 0.2) is 78.9 Å². The summed E-state index contributed by atoms with van der Waals surface area (Å²) in [5, 5.41) is 12.7. The Labute approximate surface area is 296 Å². The van der Waals surface area contributed by atoms with Gasteiger partial charge in [0.2, 0.25) is 0 Å². The molecule has 0 aromatic heterocycles. The molecule has 0 saturated carbocycles. The van der Waals surface area contributed by atoms with Crippen LogP contribution >= 0.6 is 0 Å². The molecule has 1 aliphatic rings. The van der Waals surface area contributed by atoms with E-state index in [2.05, 4.69) is 5.32 Å². The number of nitrogens with zero attached hydrogens (tertiary/aromatic N) is 1. The van der Waals surface area contributed by atoms with Crippen LogP contribution in [0.25, 0.3) is 0 Å². The van der Waals surface area contributed by atoms with Crippen molar-refractivity contribution in [2.75, 3.05) is 6.61 Å². The maximum absolute atomic E-state index is 14.3. The Morgan fingerprint density at radius 1 is 0.904 bits per heavy atom. The molecule has 9 nitrogen and oxygen atoms in total. The monoisotopic (exact) mass is 738 g/mol. The van der Waals surface area contributed by atoms with E-state index in [0.29, 0.717) is 23.3 Å². The van der Waals surface area contributed by atoms with E-state index in [4.69, 9.17) is 14.2 Å². The summed E-state index contributed by atoms with van der Waals surface area (Å²) in [4.78, 5) is 40.8. The summed E-state index contributed by atoms with van der Waals surface area (Å²) in [6, 6.07) is 15.7. The molecule has 3 aromatic rings. The fourth-order valence-corrected chi connectivity index (χ4v) is 6.17. The van der Waals surface area contributed by atoms with Gasteiger partial charge in [-0.1, -0.05) is 60.7 Å². The minimum Gasteiger partial charge on any atom is -0.481 e. The van der Waals surface area contributed by atoms with Crippen molar-refractivity contribution in [2.24, 2.45) is 0 Å². The average Bonchev–Trinajstić information content (AvgIpc) is 3.06. The minimum atomic E-state index is -5.09. The molecular weight excluding hydrogens is 698 g/mol. The van der Waals surface area contributed by atoms with Crippen LogP contribution in [0, 0.1) is 0 Å². The van der Waals surface area contributed by atoms with Crippen molar-refractivity contribution in [3.63, 3.8) is 0 Å². The molecule has 0 radical (unpaired) electrons. The lowest BCUT2D eigenvalue weighted by Crippen LogP contribution is -2.67. The first-order chi connectivity index (χ1) is 24.2. The smallest absolute Gasteiger partial charge is 0.416 e. The van der Waals surface area contributed by atoms with Gasteiger partial charge in [-0.05, 0) is 75.4 Å². The van der Waals surface area contributed by atoms with Crippen molar-refractivity contribution in [1.82, 2.24) is 10.2 Å². The second kappa shape index (κ2) is 15.8. The number of likely N-dealkylation sites (tertiary alicyclic amines) is 1. The van der Waals surface area contributed by atoms with Crippen LogP contribution in [0.3, 0.4) is 0 Å². The molecule has 0 bridgehead atoms. The standard InChI is InChI=1S/C37H40F6N2O7/c1-23(25-17-27(36(38,39)40)19-28(18-25)37(41,42)43)51-22-35(26-13-9-6-10-14-26)16-15-29(44-32(48)52-34(2,3)4)30(20-31(46)47)45(35)33(49)50-21-24-11-7-5-8-12-24/h5-14,17-19,23,29-30H,15-16,20-22H2,1-4H3,(H,44,48)(H,46,47)/t23-,29?,30?,35?/m1/s1. The molecule has 4 rings (SSSR count). The summed E-state index contributed by atoms with van der Waals surface area (Å²) in [7, 11) is 0. The number of carboxylic acids is 1. The Balaban J connectivity index is 1.81. The summed E-state index contributed by atoms with van der Waals surface area (Å²) < 4.78 is 99.5. The number of rotatable bonds is 10. The van der Waals surface area contributed by atoms with Crippen molar-refractivity contribution in [3.05, 3.63) is 107 Å². The third-order valence-corrected chi connectivity index (χ3v) is 8.58. The summed E-state index contributed by atoms with van der Waals surface area (Å²) in [5.41, 5.74) is -4.94. The second-order valence-corrected chi connectivity index (χ2v) is 13.6. The molecule has 1 fully saturated rings. The molecule has 4 atom stereocenters. The van der Waals surface area contributed by atoms with Crippen LogP contribution in [0.5, 0.6) is 0 Å². The largest absolute Gasteiger partial charge is 0.481 e. The van der Waals surface area contributed by atoms with Crippen molar-refractivity contribution in [3.8, 4) is 0 Å². The zero-order valence-corrected chi connectivity index (χ0v) is 28.9. The number of nitrogens with one attached hydrogen (secondary N) is 1. The number of alkyl carbamates (subject to hydrolysis) is 1. The predicted molar refractivity (Wildman–Crippen MR) is 176 cm³/mol. The van der Waals surface area contributed by atoms with E-state index in [1.807, 2.05) is 0 Å². The highest BCUT2D eigenvalue weighted by molar-refractivity contribution is 5.74. The lowest BCUT2D eigenvalue weighted by atomic mass is 9.76. The number of carbonyl (C=O) groups excluding carboxylic acids is 2. The predicted octanol–water partition coefficient (Wildman–Crippen LogP) is 8.87. The number of hydrogen-bond donors (Lipinski definition) is 2. The Kier molecular flexibility index (Phi) is 12.2. The summed E-state index contributed by atoms with van der Waals surface area (Å²) in [6.45, 7) is 5.44. The quantitative estimate of drug-likeness (QED) is 0.200. The van der Waals surface area contributed by atoms with Crippen molar-refractivity contribution in [2.45, 2.75) is 95.2 Å². The first-order valence-corrected chi connectivity index (χ1v) is 16.4. The van der Waals surface area contributed by atoms with E-state index in [1.54, 1.807) is 81.4 Å². The van der Waals surface area contributed by atoms with Crippen LogP contribution < -0.4 is 5.32 Å². The molecule has 1 heterocycles. The Hall–Kier alpha value is -4.79. The van der Waals surface area contributed by atoms with E-state index in [9.17, 15) is 45.8 Å². The first-order valence-electron chi connectivity index (χ1n) is 16.4. The van der Waals surface area contributed by atoms with Gasteiger partial charge >= 0.3 is 30.5 Å². The summed E-state index contributed by atoms with van der Waals surface area (Å²) >= 11 is 0. The van der Waals surface area contributed by atoms with Gasteiger partial charge in [-0.3, -0.25) is 9.69 Å². The SMILES string of the molecule is C[C@@H](OCC1(c2ccccc2)CCC(NC(=O)OC(C)(C)C)C(CC(=O)O)N1C(=O)OCc1ccccc1)c1cc(C(F)(F)F)cc(C(F)(F)F)c1. The Bertz CT molecular complexity index is 1660. The van der Waals surface area contributed by atoms with E-state index in [1.165, 1.54) is 6.92 Å². The van der Waals surface area contributed by atoms with Gasteiger partial charge in [0, 0.05) is 0 Å². The molecule has 52 heavy (non-hydrogen) atoms. The molecule has 2 amide bonds. The molecule has 3 unspecified atom stereocenters. The van der Waals surface area contributed by atoms with Gasteiger partial charge in [-0.15, -0.1) is 0 Å². The highest BCUT2D eigenvalue weighted by Crippen LogP contribution is 2.44. The molecule has 282 valence electrons. The van der Waals surface area contributed by atoms with Gasteiger partial charge in [0.05, 0.1) is 47.9 Å². The lowest BCUT2D eigenvalue weighted by Gasteiger charge is -2.53. The normalized spacial score (nSPS) is 20.2. The maximum atomic E-state index is 14.3. The fraction of sp³-hybridized carbons (Fsp3) is 0.432. The zero-order valence-electron chi connectivity index (χ0n) is 28.9. The van der Waals surface area contributed by atoms with Crippen molar-refractivity contribution in [1.29, 1.82) is 0 Å². The third-order valence-electron chi connectivity index (χ3n) is 8.58. The first kappa shape index (κ1) is 40.0. The Morgan fingerprint density at radius 3 is 1.98 bits per heavy atom. The number of benzene rings is 3. The van der Waals surface area contributed by atoms with Crippen molar-refractivity contribution < 1.29 is 60.0 Å². The van der Waals surface area contributed by atoms with Crippen LogP contribution in [0.1, 0.15) is 80.9 Å². The zero-order chi connectivity index (χ0) is 38.5. The number of alkyl halides is 6. The lowest BCUT2D eigenvalue weighted by molar-refractivity contribution is -0.144. The van der Waals surface area contributed by atoms with E-state index >= 15 is 0 Å². The van der Waals surface area contributed by atoms with E-state index in [-0.39, 0.29) is 25.5 Å². The number of carbonyl (C=O) groups is 3. The molecule has 1 saturated heterocycles. The molecule has 1 aliphatic heterocycles. The minimum absolute atomic E-state index is 0.00283. The van der Waals surface area contributed by atoms with Gasteiger partial charge in [0.15, 0.2) is 0 Å². The van der Waals surface area contributed by atoms with Gasteiger partial charge in [-0.25, -0.2) is 9.59 Å². The van der Waals surface area contributed by atoms with E-state index in [0.717, 1.165) is 4.90 Å². The molecular formula is C37H40F6N2O7. The molecule has 0 spiro atoms. The second-order valence-electron chi connectivity index (χ2n) is 13.6. The third kappa shape index (κ3) is 10.2. The molecule has 0 aliphatic carbocycles. The van der Waals surface area contributed by atoms with E-state index < -0.39 is 89.6 Å². The summed E-state index contributed by atoms with van der Waals surface area (Å²) in [5.74, 6) is -1.33. The number of amides is 2. The van der Waals surface area contributed by atoms with Crippen molar-refractivity contribution >= 4 is 18.2 Å². The molecule has 15 heteroatoms. The number of ether oxygens (including phenoxy) is 3. The van der Waals surface area contributed by atoms with Crippen LogP contribution in [0.4, 0.5) is 35.9 Å². The van der Waals surface area contributed by atoms with Crippen LogP contribution in [-0.4, -0.2) is 52.5 Å². The van der Waals surface area contributed by atoms with Gasteiger partial charge < -0.3 is 24.6 Å². The van der Waals surface area contributed by atoms with Crippen LogP contribution in [-0.2, 0) is 43.5 Å². The molecule has 3 aromatic carbocycles. The van der Waals surface area contributed by atoms with Gasteiger partial charge in [0.25, 0.3) is 0 Å². The summed E-state index contributed by atoms with van der Waals surface area (Å²) in [6.07, 6.45) is -14.1. The highest BCUT2D eigenvalue weighted by Gasteiger charge is 2.53. The fourth-order valence-electron chi connectivity index (χ4n) is 6.17.